The smallest absolute Gasteiger partial charge is 0.392 e. The minimum absolute atomic E-state index is 0.000416. The van der Waals surface area contributed by atoms with E-state index >= 15 is 0 Å². The Bertz CT molecular complexity index is 1070. The lowest BCUT2D eigenvalue weighted by Crippen LogP contribution is -2.26. The van der Waals surface area contributed by atoms with Crippen LogP contribution >= 0.6 is 11.6 Å². The number of aliphatic hydroxyl groups is 1. The van der Waals surface area contributed by atoms with Crippen molar-refractivity contribution in [3.05, 3.63) is 47.0 Å². The Morgan fingerprint density at radius 3 is 2.84 bits per heavy atom. The number of nitrogens with zero attached hydrogens (tertiary/aromatic N) is 4. The molecule has 0 aliphatic carbocycles. The second-order valence-electron chi connectivity index (χ2n) is 6.97. The van der Waals surface area contributed by atoms with Crippen LogP contribution in [0.5, 0.6) is 5.88 Å². The van der Waals surface area contributed by atoms with Crippen molar-refractivity contribution in [2.45, 2.75) is 32.0 Å². The molecule has 0 aliphatic rings. The van der Waals surface area contributed by atoms with E-state index in [1.165, 1.54) is 6.20 Å². The van der Waals surface area contributed by atoms with Crippen molar-refractivity contribution in [3.8, 4) is 5.88 Å². The molecule has 32 heavy (non-hydrogen) atoms. The van der Waals surface area contributed by atoms with Crippen LogP contribution < -0.4 is 10.1 Å². The number of halogens is 4. The highest BCUT2D eigenvalue weighted by atomic mass is 35.5. The molecule has 12 heteroatoms. The van der Waals surface area contributed by atoms with E-state index in [0.29, 0.717) is 36.3 Å². The van der Waals surface area contributed by atoms with Crippen LogP contribution in [0.3, 0.4) is 0 Å². The highest BCUT2D eigenvalue weighted by Crippen LogP contribution is 2.25. The first-order valence-electron chi connectivity index (χ1n) is 9.78. The largest absolute Gasteiger partial charge is 0.476 e. The summed E-state index contributed by atoms with van der Waals surface area (Å²) in [5, 5.41) is 16.8. The van der Waals surface area contributed by atoms with Gasteiger partial charge in [0.15, 0.2) is 0 Å². The minimum Gasteiger partial charge on any atom is -0.476 e. The zero-order chi connectivity index (χ0) is 23.1. The average Bonchev–Trinajstić information content (AvgIpc) is 3.12. The number of rotatable bonds is 10. The van der Waals surface area contributed by atoms with Crippen LogP contribution in [0.4, 0.5) is 13.2 Å². The van der Waals surface area contributed by atoms with Gasteiger partial charge in [0, 0.05) is 37.1 Å². The van der Waals surface area contributed by atoms with Gasteiger partial charge in [0.05, 0.1) is 37.2 Å². The molecular weight excluding hydrogens is 451 g/mol. The van der Waals surface area contributed by atoms with Crippen LogP contribution in [0.25, 0.3) is 10.9 Å². The van der Waals surface area contributed by atoms with Crippen molar-refractivity contribution >= 4 is 28.4 Å². The Hall–Kier alpha value is -2.92. The number of hydrogen-bond donors (Lipinski definition) is 2. The van der Waals surface area contributed by atoms with E-state index < -0.39 is 19.2 Å². The molecule has 8 nitrogen and oxygen atoms in total. The molecule has 0 aromatic carbocycles. The van der Waals surface area contributed by atoms with E-state index in [2.05, 4.69) is 20.4 Å². The summed E-state index contributed by atoms with van der Waals surface area (Å²) in [6.45, 7) is 0.116. The van der Waals surface area contributed by atoms with Gasteiger partial charge in [-0.05, 0) is 24.1 Å². The SMILES string of the molecule is O=C(Cc1nccc2nn(Cc3cnc(OCCC(F)(F)F)c(Cl)c3)cc12)NCCCO. The number of amides is 1. The summed E-state index contributed by atoms with van der Waals surface area (Å²) in [5.74, 6) is -0.271. The molecule has 0 fully saturated rings. The lowest BCUT2D eigenvalue weighted by atomic mass is 10.2. The molecule has 0 spiro atoms. The zero-order valence-corrected chi connectivity index (χ0v) is 17.7. The van der Waals surface area contributed by atoms with Crippen molar-refractivity contribution in [3.63, 3.8) is 0 Å². The predicted octanol–water partition coefficient (Wildman–Crippen LogP) is 2.90. The fourth-order valence-electron chi connectivity index (χ4n) is 2.90. The number of nitrogens with one attached hydrogen (secondary N) is 1. The molecule has 0 bridgehead atoms. The summed E-state index contributed by atoms with van der Waals surface area (Å²) < 4.78 is 43.4. The van der Waals surface area contributed by atoms with Gasteiger partial charge in [0.2, 0.25) is 11.8 Å². The summed E-state index contributed by atoms with van der Waals surface area (Å²) in [6.07, 6.45) is -0.0859. The summed E-state index contributed by atoms with van der Waals surface area (Å²) in [6, 6.07) is 3.28. The third kappa shape index (κ3) is 6.79. The van der Waals surface area contributed by atoms with Crippen LogP contribution in [0.2, 0.25) is 5.02 Å². The van der Waals surface area contributed by atoms with Crippen LogP contribution in [0.1, 0.15) is 24.1 Å². The van der Waals surface area contributed by atoms with Gasteiger partial charge in [-0.1, -0.05) is 11.6 Å². The predicted molar refractivity (Wildman–Crippen MR) is 110 cm³/mol. The number of carbonyl (C=O) groups is 1. The molecule has 0 aliphatic heterocycles. The van der Waals surface area contributed by atoms with Gasteiger partial charge in [-0.2, -0.15) is 18.3 Å². The lowest BCUT2D eigenvalue weighted by Gasteiger charge is -2.10. The molecule has 0 unspecified atom stereocenters. The van der Waals surface area contributed by atoms with Gasteiger partial charge >= 0.3 is 6.18 Å². The topological polar surface area (TPSA) is 102 Å². The molecule has 3 rings (SSSR count). The van der Waals surface area contributed by atoms with E-state index in [1.54, 1.807) is 29.2 Å². The van der Waals surface area contributed by atoms with E-state index in [0.717, 1.165) is 5.39 Å². The number of pyridine rings is 2. The molecule has 3 aromatic heterocycles. The first-order chi connectivity index (χ1) is 15.2. The van der Waals surface area contributed by atoms with Gasteiger partial charge in [0.1, 0.15) is 5.02 Å². The number of alkyl halides is 3. The van der Waals surface area contributed by atoms with Crippen LogP contribution in [0, 0.1) is 0 Å². The van der Waals surface area contributed by atoms with Crippen LogP contribution in [-0.2, 0) is 17.8 Å². The number of hydrogen-bond acceptors (Lipinski definition) is 6. The third-order valence-corrected chi connectivity index (χ3v) is 4.65. The second-order valence-corrected chi connectivity index (χ2v) is 7.37. The number of ether oxygens (including phenoxy) is 1. The molecule has 0 atom stereocenters. The standard InChI is InChI=1S/C20H21ClF3N5O3/c21-15-8-13(10-27-19(15)32-7-3-20(22,23)24)11-29-12-14-16(28-29)2-5-25-17(14)9-18(31)26-4-1-6-30/h2,5,8,10,12,30H,1,3-4,6-7,9,11H2,(H,26,31). The van der Waals surface area contributed by atoms with Crippen molar-refractivity contribution in [2.24, 2.45) is 0 Å². The molecule has 0 radical (unpaired) electrons. The van der Waals surface area contributed by atoms with Gasteiger partial charge in [0.25, 0.3) is 0 Å². The summed E-state index contributed by atoms with van der Waals surface area (Å²) >= 11 is 6.09. The molecule has 1 amide bonds. The number of fused-ring (bicyclic) bond motifs is 1. The maximum Gasteiger partial charge on any atom is 0.392 e. The maximum atomic E-state index is 12.2. The Morgan fingerprint density at radius 2 is 2.12 bits per heavy atom. The molecule has 0 saturated heterocycles. The van der Waals surface area contributed by atoms with Crippen LogP contribution in [0.15, 0.2) is 30.7 Å². The summed E-state index contributed by atoms with van der Waals surface area (Å²) in [7, 11) is 0. The Morgan fingerprint density at radius 1 is 1.31 bits per heavy atom. The van der Waals surface area contributed by atoms with Crippen LogP contribution in [-0.4, -0.2) is 56.7 Å². The Kier molecular flexibility index (Phi) is 7.86. The second kappa shape index (κ2) is 10.6. The molecule has 0 saturated carbocycles. The van der Waals surface area contributed by atoms with Crippen molar-refractivity contribution in [2.75, 3.05) is 19.8 Å². The molecule has 3 aromatic rings. The molecule has 3 heterocycles. The van der Waals surface area contributed by atoms with Crippen molar-refractivity contribution in [1.29, 1.82) is 0 Å². The van der Waals surface area contributed by atoms with Gasteiger partial charge in [-0.25, -0.2) is 4.98 Å². The maximum absolute atomic E-state index is 12.2. The van der Waals surface area contributed by atoms with Crippen molar-refractivity contribution in [1.82, 2.24) is 25.1 Å². The molecule has 172 valence electrons. The molecule has 2 N–H and O–H groups in total. The van der Waals surface area contributed by atoms with E-state index in [1.807, 2.05) is 0 Å². The van der Waals surface area contributed by atoms with Crippen molar-refractivity contribution < 1.29 is 27.8 Å². The fraction of sp³-hybridized carbons (Fsp3) is 0.400. The lowest BCUT2D eigenvalue weighted by molar-refractivity contribution is -0.139. The summed E-state index contributed by atoms with van der Waals surface area (Å²) in [4.78, 5) is 20.3. The highest BCUT2D eigenvalue weighted by molar-refractivity contribution is 6.31. The highest BCUT2D eigenvalue weighted by Gasteiger charge is 2.27. The average molecular weight is 472 g/mol. The monoisotopic (exact) mass is 471 g/mol. The van der Waals surface area contributed by atoms with Gasteiger partial charge in [-0.3, -0.25) is 14.5 Å². The van der Waals surface area contributed by atoms with E-state index in [4.69, 9.17) is 21.4 Å². The van der Waals surface area contributed by atoms with E-state index in [-0.39, 0.29) is 29.8 Å². The molecular formula is C20H21ClF3N5O3. The number of aromatic nitrogens is 4. The zero-order valence-electron chi connectivity index (χ0n) is 16.9. The first kappa shape index (κ1) is 23.7. The normalized spacial score (nSPS) is 11.7. The fourth-order valence-corrected chi connectivity index (χ4v) is 3.14. The quantitative estimate of drug-likeness (QED) is 0.441. The minimum atomic E-state index is -4.32. The van der Waals surface area contributed by atoms with Gasteiger partial charge < -0.3 is 15.2 Å². The first-order valence-corrected chi connectivity index (χ1v) is 10.2. The summed E-state index contributed by atoms with van der Waals surface area (Å²) in [5.41, 5.74) is 1.89. The third-order valence-electron chi connectivity index (χ3n) is 4.38. The Balaban J connectivity index is 1.67. The number of aliphatic hydroxyl groups excluding tert-OH is 1. The van der Waals surface area contributed by atoms with E-state index in [9.17, 15) is 18.0 Å². The Labute approximate surface area is 186 Å². The number of carbonyl (C=O) groups excluding carboxylic acids is 1. The van der Waals surface area contributed by atoms with Gasteiger partial charge in [-0.15, -0.1) is 0 Å².